The first kappa shape index (κ1) is 9.00. The molecule has 13 heavy (non-hydrogen) atoms. The molecule has 0 saturated carbocycles. The van der Waals surface area contributed by atoms with Crippen molar-refractivity contribution in [3.8, 4) is 0 Å². The van der Waals surface area contributed by atoms with Crippen molar-refractivity contribution in [3.63, 3.8) is 0 Å². The van der Waals surface area contributed by atoms with Crippen LogP contribution in [0.4, 0.5) is 0 Å². The van der Waals surface area contributed by atoms with Crippen molar-refractivity contribution in [2.45, 2.75) is 25.0 Å². The molecule has 1 aromatic carbocycles. The summed E-state index contributed by atoms with van der Waals surface area (Å²) in [5.41, 5.74) is 7.70. The van der Waals surface area contributed by atoms with E-state index in [0.29, 0.717) is 0 Å². The second kappa shape index (κ2) is 3.29. The topological polar surface area (TPSA) is 46.2 Å². The van der Waals surface area contributed by atoms with Gasteiger partial charge in [-0.1, -0.05) is 23.7 Å². The number of halogens is 1. The summed E-state index contributed by atoms with van der Waals surface area (Å²) in [6.07, 6.45) is 1.12. The maximum absolute atomic E-state index is 9.77. The van der Waals surface area contributed by atoms with Gasteiger partial charge in [0.1, 0.15) is 0 Å². The van der Waals surface area contributed by atoms with E-state index >= 15 is 0 Å². The Morgan fingerprint density at radius 3 is 3.00 bits per heavy atom. The van der Waals surface area contributed by atoms with Crippen LogP contribution >= 0.6 is 11.6 Å². The van der Waals surface area contributed by atoms with Gasteiger partial charge in [-0.2, -0.15) is 0 Å². The van der Waals surface area contributed by atoms with Gasteiger partial charge in [0.05, 0.1) is 6.10 Å². The van der Waals surface area contributed by atoms with Crippen molar-refractivity contribution in [3.05, 3.63) is 34.3 Å². The molecule has 2 nitrogen and oxygen atoms in total. The van der Waals surface area contributed by atoms with E-state index in [0.717, 1.165) is 29.0 Å². The first-order valence-corrected chi connectivity index (χ1v) is 4.79. The highest BCUT2D eigenvalue weighted by Gasteiger charge is 2.25. The predicted octanol–water partition coefficient (Wildman–Crippen LogP) is 1.65. The molecule has 0 amide bonds. The molecule has 1 aromatic rings. The molecular formula is C10H12ClNO. The summed E-state index contributed by atoms with van der Waals surface area (Å²) >= 11 is 6.00. The van der Waals surface area contributed by atoms with E-state index in [1.807, 2.05) is 18.2 Å². The molecule has 1 aliphatic carbocycles. The molecule has 2 rings (SSSR count). The molecule has 0 radical (unpaired) electrons. The zero-order valence-corrected chi connectivity index (χ0v) is 7.96. The number of hydrogen-bond donors (Lipinski definition) is 2. The summed E-state index contributed by atoms with van der Waals surface area (Å²) in [6, 6.07) is 5.45. The number of fused-ring (bicyclic) bond motifs is 1. The maximum atomic E-state index is 9.77. The van der Waals surface area contributed by atoms with Crippen LogP contribution in [0.15, 0.2) is 18.2 Å². The quantitative estimate of drug-likeness (QED) is 0.665. The fourth-order valence-corrected chi connectivity index (χ4v) is 2.09. The van der Waals surface area contributed by atoms with Crippen molar-refractivity contribution in [1.29, 1.82) is 0 Å². The van der Waals surface area contributed by atoms with Gasteiger partial charge in [-0.3, -0.25) is 0 Å². The summed E-state index contributed by atoms with van der Waals surface area (Å²) in [6.45, 7) is 0. The third-order valence-electron chi connectivity index (χ3n) is 2.61. The lowest BCUT2D eigenvalue weighted by Crippen LogP contribution is -2.33. The molecular weight excluding hydrogens is 186 g/mol. The summed E-state index contributed by atoms with van der Waals surface area (Å²) < 4.78 is 0. The van der Waals surface area contributed by atoms with Crippen LogP contribution in [0.3, 0.4) is 0 Å². The van der Waals surface area contributed by atoms with Gasteiger partial charge in [0.25, 0.3) is 0 Å². The van der Waals surface area contributed by atoms with Gasteiger partial charge in [-0.15, -0.1) is 0 Å². The molecule has 3 heteroatoms. The third-order valence-corrected chi connectivity index (χ3v) is 2.96. The second-order valence-electron chi connectivity index (χ2n) is 3.45. The van der Waals surface area contributed by atoms with Crippen molar-refractivity contribution >= 4 is 11.6 Å². The Bertz CT molecular complexity index is 327. The summed E-state index contributed by atoms with van der Waals surface area (Å²) in [5, 5.41) is 10.5. The second-order valence-corrected chi connectivity index (χ2v) is 3.86. The minimum Gasteiger partial charge on any atom is -0.387 e. The Kier molecular flexibility index (Phi) is 2.28. The fourth-order valence-electron chi connectivity index (χ4n) is 1.82. The average molecular weight is 198 g/mol. The van der Waals surface area contributed by atoms with E-state index in [4.69, 9.17) is 17.3 Å². The van der Waals surface area contributed by atoms with Crippen LogP contribution in [0.1, 0.15) is 23.7 Å². The first-order valence-electron chi connectivity index (χ1n) is 4.41. The van der Waals surface area contributed by atoms with Crippen molar-refractivity contribution in [2.24, 2.45) is 5.73 Å². The molecule has 0 bridgehead atoms. The van der Waals surface area contributed by atoms with E-state index in [1.165, 1.54) is 0 Å². The van der Waals surface area contributed by atoms with Gasteiger partial charge >= 0.3 is 0 Å². The highest BCUT2D eigenvalue weighted by molar-refractivity contribution is 6.31. The zero-order valence-electron chi connectivity index (χ0n) is 7.20. The summed E-state index contributed by atoms with van der Waals surface area (Å²) in [7, 11) is 0. The monoisotopic (exact) mass is 197 g/mol. The number of aliphatic hydroxyl groups is 1. The van der Waals surface area contributed by atoms with Crippen LogP contribution < -0.4 is 5.73 Å². The number of hydrogen-bond acceptors (Lipinski definition) is 2. The molecule has 2 atom stereocenters. The first-order chi connectivity index (χ1) is 6.20. The Labute approximate surface area is 82.3 Å². The van der Waals surface area contributed by atoms with Crippen LogP contribution in [0.2, 0.25) is 5.02 Å². The molecule has 0 unspecified atom stereocenters. The summed E-state index contributed by atoms with van der Waals surface area (Å²) in [4.78, 5) is 0. The molecule has 0 saturated heterocycles. The predicted molar refractivity (Wildman–Crippen MR) is 52.7 cm³/mol. The maximum Gasteiger partial charge on any atom is 0.0944 e. The zero-order chi connectivity index (χ0) is 9.42. The minimum absolute atomic E-state index is 0.147. The highest BCUT2D eigenvalue weighted by Crippen LogP contribution is 2.32. The SMILES string of the molecule is N[C@@H]1CCc2c(Cl)cccc2[C@@H]1O. The van der Waals surface area contributed by atoms with E-state index in [2.05, 4.69) is 0 Å². The van der Waals surface area contributed by atoms with Crippen LogP contribution in [0.25, 0.3) is 0 Å². The lowest BCUT2D eigenvalue weighted by Gasteiger charge is -2.27. The van der Waals surface area contributed by atoms with E-state index in [-0.39, 0.29) is 6.04 Å². The number of rotatable bonds is 0. The van der Waals surface area contributed by atoms with E-state index in [9.17, 15) is 5.11 Å². The van der Waals surface area contributed by atoms with Gasteiger partial charge < -0.3 is 10.8 Å². The molecule has 0 aliphatic heterocycles. The van der Waals surface area contributed by atoms with Crippen molar-refractivity contribution in [2.75, 3.05) is 0 Å². The highest BCUT2D eigenvalue weighted by atomic mass is 35.5. The standard InChI is InChI=1S/C10H12ClNO/c11-8-3-1-2-7-6(8)4-5-9(12)10(7)13/h1-3,9-10,13H,4-5,12H2/t9-,10+/m1/s1. The van der Waals surface area contributed by atoms with Gasteiger partial charge in [0, 0.05) is 11.1 Å². The minimum atomic E-state index is -0.553. The Balaban J connectivity index is 2.49. The Hall–Kier alpha value is -0.570. The average Bonchev–Trinajstić information content (AvgIpc) is 2.12. The molecule has 70 valence electrons. The van der Waals surface area contributed by atoms with Gasteiger partial charge in [-0.05, 0) is 30.0 Å². The fraction of sp³-hybridized carbons (Fsp3) is 0.400. The van der Waals surface area contributed by atoms with E-state index < -0.39 is 6.10 Å². The van der Waals surface area contributed by atoms with Crippen LogP contribution in [0, 0.1) is 0 Å². The molecule has 0 fully saturated rings. The van der Waals surface area contributed by atoms with Crippen molar-refractivity contribution < 1.29 is 5.11 Å². The normalized spacial score (nSPS) is 27.0. The Morgan fingerprint density at radius 1 is 1.46 bits per heavy atom. The smallest absolute Gasteiger partial charge is 0.0944 e. The van der Waals surface area contributed by atoms with Gasteiger partial charge in [0.15, 0.2) is 0 Å². The largest absolute Gasteiger partial charge is 0.387 e. The third kappa shape index (κ3) is 1.46. The van der Waals surface area contributed by atoms with Crippen LogP contribution in [-0.4, -0.2) is 11.1 Å². The van der Waals surface area contributed by atoms with Crippen LogP contribution in [0.5, 0.6) is 0 Å². The summed E-state index contributed by atoms with van der Waals surface area (Å²) in [5.74, 6) is 0. The van der Waals surface area contributed by atoms with E-state index in [1.54, 1.807) is 0 Å². The lowest BCUT2D eigenvalue weighted by molar-refractivity contribution is 0.134. The molecule has 3 N–H and O–H groups in total. The number of benzene rings is 1. The molecule has 0 spiro atoms. The molecule has 1 aliphatic rings. The van der Waals surface area contributed by atoms with Gasteiger partial charge in [-0.25, -0.2) is 0 Å². The van der Waals surface area contributed by atoms with Crippen LogP contribution in [-0.2, 0) is 6.42 Å². The number of aliphatic hydroxyl groups excluding tert-OH is 1. The lowest BCUT2D eigenvalue weighted by atomic mass is 9.86. The van der Waals surface area contributed by atoms with Gasteiger partial charge in [0.2, 0.25) is 0 Å². The Morgan fingerprint density at radius 2 is 2.23 bits per heavy atom. The number of nitrogens with two attached hydrogens (primary N) is 1. The molecule has 0 heterocycles. The molecule has 0 aromatic heterocycles. The van der Waals surface area contributed by atoms with Crippen molar-refractivity contribution in [1.82, 2.24) is 0 Å².